The minimum absolute atomic E-state index is 0.00667. The van der Waals surface area contributed by atoms with Gasteiger partial charge in [-0.2, -0.15) is 0 Å². The normalized spacial score (nSPS) is 10.6. The molecule has 1 aromatic heterocycles. The lowest BCUT2D eigenvalue weighted by Gasteiger charge is -2.10. The third-order valence-corrected chi connectivity index (χ3v) is 4.92. The van der Waals surface area contributed by atoms with Gasteiger partial charge >= 0.3 is 6.03 Å². The molecule has 0 fully saturated rings. The van der Waals surface area contributed by atoms with Crippen LogP contribution in [0.2, 0.25) is 15.1 Å². The van der Waals surface area contributed by atoms with Crippen molar-refractivity contribution >= 4 is 63.1 Å². The number of hydrogen-bond donors (Lipinski definition) is 4. The second-order valence-electron chi connectivity index (χ2n) is 5.35. The first-order valence-corrected chi connectivity index (χ1v) is 8.52. The van der Waals surface area contributed by atoms with Crippen LogP contribution in [0.1, 0.15) is 0 Å². The second-order valence-corrected chi connectivity index (χ2v) is 6.52. The summed E-state index contributed by atoms with van der Waals surface area (Å²) in [4.78, 5) is 38.8. The monoisotopic (exact) mass is 425 g/mol. The number of nitrogens with one attached hydrogen (secondary N) is 3. The maximum absolute atomic E-state index is 12.3. The molecule has 4 N–H and O–H groups in total. The number of fused-ring (bicyclic) bond motifs is 1. The largest absolute Gasteiger partial charge is 0.505 e. The number of carbonyl (C=O) groups is 1. The minimum atomic E-state index is -1.11. The van der Waals surface area contributed by atoms with E-state index in [0.29, 0.717) is 0 Å². The molecule has 0 aliphatic rings. The number of H-pyrrole nitrogens is 1. The van der Waals surface area contributed by atoms with Gasteiger partial charge in [0.15, 0.2) is 5.75 Å². The van der Waals surface area contributed by atoms with Crippen molar-refractivity contribution in [3.05, 3.63) is 72.0 Å². The number of carbonyl (C=O) groups excluding carboxylic acids is 1. The molecule has 0 unspecified atom stereocenters. The number of anilines is 2. The van der Waals surface area contributed by atoms with Gasteiger partial charge in [-0.3, -0.25) is 9.59 Å². The van der Waals surface area contributed by atoms with Gasteiger partial charge in [-0.05, 0) is 24.3 Å². The fourth-order valence-corrected chi connectivity index (χ4v) is 2.92. The molecular formula is C17H10Cl3N3O4. The topological polar surface area (TPSA) is 111 Å². The standard InChI is InChI=1S/C17H10Cl3N3O4/c18-8-5-6-10(12(20)11(8)19)22-17(27)23-13-14(24)7-3-1-2-4-9(7)21-16(26)15(13)25/h1-6H,(H4,21,22,23,24,25,26,27). The molecule has 0 aliphatic carbocycles. The number of rotatable bonds is 2. The average molecular weight is 427 g/mol. The van der Waals surface area contributed by atoms with Gasteiger partial charge in [0.2, 0.25) is 0 Å². The van der Waals surface area contributed by atoms with E-state index in [1.54, 1.807) is 12.1 Å². The lowest BCUT2D eigenvalue weighted by atomic mass is 10.2. The van der Waals surface area contributed by atoms with E-state index in [2.05, 4.69) is 15.6 Å². The van der Waals surface area contributed by atoms with E-state index in [4.69, 9.17) is 34.8 Å². The van der Waals surface area contributed by atoms with Crippen molar-refractivity contribution in [1.82, 2.24) is 4.98 Å². The Morgan fingerprint density at radius 1 is 0.963 bits per heavy atom. The van der Waals surface area contributed by atoms with E-state index in [-0.39, 0.29) is 31.7 Å². The number of aromatic amines is 1. The highest BCUT2D eigenvalue weighted by Gasteiger charge is 2.17. The Morgan fingerprint density at radius 3 is 2.41 bits per heavy atom. The molecule has 2 amide bonds. The molecule has 3 rings (SSSR count). The third kappa shape index (κ3) is 3.71. The van der Waals surface area contributed by atoms with Crippen LogP contribution in [0.4, 0.5) is 16.2 Å². The smallest absolute Gasteiger partial charge is 0.323 e. The molecular weight excluding hydrogens is 417 g/mol. The van der Waals surface area contributed by atoms with Crippen LogP contribution in [0.25, 0.3) is 10.9 Å². The van der Waals surface area contributed by atoms with Crippen molar-refractivity contribution in [3.8, 4) is 5.75 Å². The van der Waals surface area contributed by atoms with Crippen molar-refractivity contribution in [2.24, 2.45) is 0 Å². The maximum atomic E-state index is 12.3. The van der Waals surface area contributed by atoms with Gasteiger partial charge in [-0.25, -0.2) is 4.79 Å². The summed E-state index contributed by atoms with van der Waals surface area (Å²) >= 11 is 17.7. The Hall–Kier alpha value is -2.74. The third-order valence-electron chi connectivity index (χ3n) is 3.62. The predicted octanol–water partition coefficient (Wildman–Crippen LogP) is 4.20. The molecule has 0 radical (unpaired) electrons. The SMILES string of the molecule is O=C(Nc1ccc(Cl)c(Cl)c1Cl)Nc1c(O)c2ccccc2[nH]c(=O)c1=O. The molecule has 138 valence electrons. The Labute approximate surface area is 166 Å². The number of aromatic nitrogens is 1. The first kappa shape index (κ1) is 19.0. The van der Waals surface area contributed by atoms with Gasteiger partial charge in [0.25, 0.3) is 11.0 Å². The van der Waals surface area contributed by atoms with Crippen molar-refractivity contribution < 1.29 is 9.90 Å². The predicted molar refractivity (Wildman–Crippen MR) is 107 cm³/mol. The number of hydrogen-bond acceptors (Lipinski definition) is 4. The average Bonchev–Trinajstić information content (AvgIpc) is 2.73. The molecule has 7 nitrogen and oxygen atoms in total. The van der Waals surface area contributed by atoms with Crippen LogP contribution in [0.15, 0.2) is 46.0 Å². The maximum Gasteiger partial charge on any atom is 0.323 e. The molecule has 0 atom stereocenters. The highest BCUT2D eigenvalue weighted by atomic mass is 35.5. The highest BCUT2D eigenvalue weighted by molar-refractivity contribution is 6.49. The van der Waals surface area contributed by atoms with E-state index in [9.17, 15) is 19.5 Å². The molecule has 1 heterocycles. The van der Waals surface area contributed by atoms with Gasteiger partial charge in [0.1, 0.15) is 5.69 Å². The molecule has 3 aromatic rings. The van der Waals surface area contributed by atoms with Crippen LogP contribution in [-0.2, 0) is 0 Å². The number of aromatic hydroxyl groups is 1. The van der Waals surface area contributed by atoms with E-state index >= 15 is 0 Å². The first-order chi connectivity index (χ1) is 12.8. The van der Waals surface area contributed by atoms with E-state index in [0.717, 1.165) is 0 Å². The Balaban J connectivity index is 2.02. The van der Waals surface area contributed by atoms with Crippen molar-refractivity contribution in [2.75, 3.05) is 10.6 Å². The quantitative estimate of drug-likeness (QED) is 0.363. The summed E-state index contributed by atoms with van der Waals surface area (Å²) in [7, 11) is 0. The number of urea groups is 1. The number of halogens is 3. The Bertz CT molecular complexity index is 1190. The minimum Gasteiger partial charge on any atom is -0.505 e. The zero-order valence-corrected chi connectivity index (χ0v) is 15.5. The van der Waals surface area contributed by atoms with Crippen LogP contribution in [-0.4, -0.2) is 16.1 Å². The summed E-state index contributed by atoms with van der Waals surface area (Å²) in [5.74, 6) is -0.552. The fraction of sp³-hybridized carbons (Fsp3) is 0. The van der Waals surface area contributed by atoms with Gasteiger partial charge in [0.05, 0.1) is 26.3 Å². The number of benzene rings is 2. The lowest BCUT2D eigenvalue weighted by Crippen LogP contribution is -2.30. The van der Waals surface area contributed by atoms with Crippen molar-refractivity contribution in [2.45, 2.75) is 0 Å². The van der Waals surface area contributed by atoms with E-state index in [1.165, 1.54) is 24.3 Å². The summed E-state index contributed by atoms with van der Waals surface area (Å²) in [6.07, 6.45) is 0. The summed E-state index contributed by atoms with van der Waals surface area (Å²) < 4.78 is 0. The van der Waals surface area contributed by atoms with Gasteiger partial charge in [0, 0.05) is 5.39 Å². The fourth-order valence-electron chi connectivity index (χ4n) is 2.34. The van der Waals surface area contributed by atoms with E-state index in [1.807, 2.05) is 0 Å². The molecule has 0 spiro atoms. The van der Waals surface area contributed by atoms with Crippen LogP contribution in [0, 0.1) is 0 Å². The second kappa shape index (κ2) is 7.48. The zero-order valence-electron chi connectivity index (χ0n) is 13.3. The molecule has 27 heavy (non-hydrogen) atoms. The Kier molecular flexibility index (Phi) is 5.27. The summed E-state index contributed by atoms with van der Waals surface area (Å²) in [5, 5.41) is 15.4. The summed E-state index contributed by atoms with van der Waals surface area (Å²) in [6.45, 7) is 0. The molecule has 2 aromatic carbocycles. The number of para-hydroxylation sites is 1. The molecule has 0 bridgehead atoms. The van der Waals surface area contributed by atoms with Gasteiger partial charge in [-0.1, -0.05) is 46.9 Å². The van der Waals surface area contributed by atoms with E-state index < -0.39 is 28.5 Å². The lowest BCUT2D eigenvalue weighted by molar-refractivity contribution is 0.262. The highest BCUT2D eigenvalue weighted by Crippen LogP contribution is 2.35. The molecule has 0 saturated carbocycles. The van der Waals surface area contributed by atoms with Gasteiger partial charge < -0.3 is 20.7 Å². The first-order valence-electron chi connectivity index (χ1n) is 7.39. The van der Waals surface area contributed by atoms with Crippen LogP contribution in [0.5, 0.6) is 5.75 Å². The van der Waals surface area contributed by atoms with Crippen LogP contribution < -0.4 is 21.6 Å². The zero-order chi connectivity index (χ0) is 19.7. The summed E-state index contributed by atoms with van der Waals surface area (Å²) in [5.41, 5.74) is -2.34. The molecule has 10 heteroatoms. The van der Waals surface area contributed by atoms with Crippen LogP contribution >= 0.6 is 34.8 Å². The Morgan fingerprint density at radius 2 is 1.67 bits per heavy atom. The summed E-state index contributed by atoms with van der Waals surface area (Å²) in [6, 6.07) is 8.12. The van der Waals surface area contributed by atoms with Crippen molar-refractivity contribution in [3.63, 3.8) is 0 Å². The molecule has 0 saturated heterocycles. The molecule has 0 aliphatic heterocycles. The van der Waals surface area contributed by atoms with Crippen molar-refractivity contribution in [1.29, 1.82) is 0 Å². The number of amides is 2. The van der Waals surface area contributed by atoms with Gasteiger partial charge in [-0.15, -0.1) is 0 Å². The van der Waals surface area contributed by atoms with Crippen LogP contribution in [0.3, 0.4) is 0 Å².